The number of nitrogens with zero attached hydrogens (tertiary/aromatic N) is 3. The van der Waals surface area contributed by atoms with Gasteiger partial charge in [0, 0.05) is 38.4 Å². The van der Waals surface area contributed by atoms with Gasteiger partial charge in [0.25, 0.3) is 0 Å². The highest BCUT2D eigenvalue weighted by atomic mass is 15.2. The normalized spacial score (nSPS) is 14.7. The molecule has 0 radical (unpaired) electrons. The highest BCUT2D eigenvalue weighted by molar-refractivity contribution is 5.67. The van der Waals surface area contributed by atoms with Gasteiger partial charge in [-0.05, 0) is 48.2 Å². The van der Waals surface area contributed by atoms with Crippen LogP contribution in [0.1, 0.15) is 29.5 Å². The van der Waals surface area contributed by atoms with Gasteiger partial charge in [0.05, 0.1) is 6.20 Å². The van der Waals surface area contributed by atoms with Crippen LogP contribution >= 0.6 is 0 Å². The molecule has 3 aromatic rings. The molecule has 0 bridgehead atoms. The van der Waals surface area contributed by atoms with Crippen molar-refractivity contribution in [2.75, 3.05) is 13.1 Å². The van der Waals surface area contributed by atoms with Crippen molar-refractivity contribution in [3.05, 3.63) is 77.6 Å². The molecule has 1 aliphatic rings. The molecule has 0 aliphatic carbocycles. The average molecular weight is 361 g/mol. The van der Waals surface area contributed by atoms with Gasteiger partial charge in [0.2, 0.25) is 0 Å². The molecule has 1 aromatic heterocycles. The Morgan fingerprint density at radius 3 is 2.44 bits per heavy atom. The second-order valence-corrected chi connectivity index (χ2v) is 7.46. The summed E-state index contributed by atoms with van der Waals surface area (Å²) in [6.07, 6.45) is 6.66. The number of benzene rings is 2. The lowest BCUT2D eigenvalue weighted by molar-refractivity contribution is 0.331. The molecule has 1 fully saturated rings. The summed E-state index contributed by atoms with van der Waals surface area (Å²) in [6, 6.07) is 17.8. The zero-order valence-corrected chi connectivity index (χ0v) is 16.1. The third-order valence-corrected chi connectivity index (χ3v) is 5.29. The van der Waals surface area contributed by atoms with Crippen LogP contribution in [0.25, 0.3) is 11.1 Å². The SMILES string of the molecule is Cn1cc(CNCc2ccccc2-c2ccc(CN3CCCC3)cc2)cn1. The second kappa shape index (κ2) is 8.51. The summed E-state index contributed by atoms with van der Waals surface area (Å²) in [6.45, 7) is 5.24. The van der Waals surface area contributed by atoms with Crippen molar-refractivity contribution in [1.29, 1.82) is 0 Å². The van der Waals surface area contributed by atoms with Crippen molar-refractivity contribution in [3.63, 3.8) is 0 Å². The molecule has 0 saturated carbocycles. The van der Waals surface area contributed by atoms with Crippen molar-refractivity contribution in [1.82, 2.24) is 20.0 Å². The van der Waals surface area contributed by atoms with E-state index in [1.165, 1.54) is 53.7 Å². The maximum absolute atomic E-state index is 4.23. The third-order valence-electron chi connectivity index (χ3n) is 5.29. The molecule has 4 nitrogen and oxygen atoms in total. The number of hydrogen-bond donors (Lipinski definition) is 1. The van der Waals surface area contributed by atoms with Crippen molar-refractivity contribution in [2.24, 2.45) is 7.05 Å². The molecule has 0 atom stereocenters. The number of likely N-dealkylation sites (tertiary alicyclic amines) is 1. The fraction of sp³-hybridized carbons (Fsp3) is 0.348. The van der Waals surface area contributed by atoms with Crippen molar-refractivity contribution >= 4 is 0 Å². The largest absolute Gasteiger partial charge is 0.308 e. The van der Waals surface area contributed by atoms with Crippen molar-refractivity contribution in [2.45, 2.75) is 32.5 Å². The smallest absolute Gasteiger partial charge is 0.0534 e. The topological polar surface area (TPSA) is 33.1 Å². The summed E-state index contributed by atoms with van der Waals surface area (Å²) >= 11 is 0. The van der Waals surface area contributed by atoms with Crippen LogP contribution in [0.2, 0.25) is 0 Å². The molecule has 27 heavy (non-hydrogen) atoms. The Morgan fingerprint density at radius 1 is 0.926 bits per heavy atom. The summed E-state index contributed by atoms with van der Waals surface area (Å²) in [5, 5.41) is 7.77. The minimum Gasteiger partial charge on any atom is -0.308 e. The fourth-order valence-corrected chi connectivity index (χ4v) is 3.85. The van der Waals surface area contributed by atoms with Gasteiger partial charge in [0.1, 0.15) is 0 Å². The number of hydrogen-bond acceptors (Lipinski definition) is 3. The molecule has 0 spiro atoms. The minimum atomic E-state index is 0.830. The summed E-state index contributed by atoms with van der Waals surface area (Å²) in [5.41, 5.74) is 6.55. The van der Waals surface area contributed by atoms with E-state index in [2.05, 4.69) is 70.0 Å². The van der Waals surface area contributed by atoms with E-state index in [0.717, 1.165) is 19.6 Å². The molecule has 4 heteroatoms. The highest BCUT2D eigenvalue weighted by Crippen LogP contribution is 2.25. The van der Waals surface area contributed by atoms with E-state index >= 15 is 0 Å². The predicted molar refractivity (Wildman–Crippen MR) is 110 cm³/mol. The Labute approximate surface area is 161 Å². The zero-order valence-electron chi connectivity index (χ0n) is 16.1. The summed E-state index contributed by atoms with van der Waals surface area (Å²) in [4.78, 5) is 2.55. The quantitative estimate of drug-likeness (QED) is 0.692. The molecular weight excluding hydrogens is 332 g/mol. The van der Waals surface area contributed by atoms with Gasteiger partial charge in [-0.25, -0.2) is 0 Å². The molecule has 1 N–H and O–H groups in total. The number of nitrogens with one attached hydrogen (secondary N) is 1. The minimum absolute atomic E-state index is 0.830. The van der Waals surface area contributed by atoms with E-state index in [0.29, 0.717) is 0 Å². The van der Waals surface area contributed by atoms with Crippen LogP contribution in [0.15, 0.2) is 60.9 Å². The molecule has 0 amide bonds. The first-order valence-corrected chi connectivity index (χ1v) is 9.86. The van der Waals surface area contributed by atoms with Gasteiger partial charge < -0.3 is 5.32 Å². The van der Waals surface area contributed by atoms with Gasteiger partial charge in [-0.3, -0.25) is 9.58 Å². The van der Waals surface area contributed by atoms with Gasteiger partial charge in [0.15, 0.2) is 0 Å². The molecule has 1 aliphatic heterocycles. The lowest BCUT2D eigenvalue weighted by Gasteiger charge is -2.15. The molecule has 2 aromatic carbocycles. The fourth-order valence-electron chi connectivity index (χ4n) is 3.85. The van der Waals surface area contributed by atoms with Crippen LogP contribution < -0.4 is 5.32 Å². The van der Waals surface area contributed by atoms with Crippen LogP contribution in [-0.4, -0.2) is 27.8 Å². The van der Waals surface area contributed by atoms with E-state index in [9.17, 15) is 0 Å². The Hall–Kier alpha value is -2.43. The average Bonchev–Trinajstić information content (AvgIpc) is 3.35. The Kier molecular flexibility index (Phi) is 5.66. The molecule has 140 valence electrons. The van der Waals surface area contributed by atoms with Gasteiger partial charge >= 0.3 is 0 Å². The first-order chi connectivity index (χ1) is 13.3. The maximum atomic E-state index is 4.23. The lowest BCUT2D eigenvalue weighted by atomic mass is 9.98. The van der Waals surface area contributed by atoms with E-state index < -0.39 is 0 Å². The summed E-state index contributed by atoms with van der Waals surface area (Å²) < 4.78 is 1.84. The summed E-state index contributed by atoms with van der Waals surface area (Å²) in [5.74, 6) is 0. The number of aryl methyl sites for hydroxylation is 1. The first kappa shape index (κ1) is 18.0. The Balaban J connectivity index is 1.42. The van der Waals surface area contributed by atoms with Gasteiger partial charge in [-0.1, -0.05) is 48.5 Å². The standard InChI is InChI=1S/C23H28N4/c1-26-17-20(15-25-26)14-24-16-22-6-2-3-7-23(22)21-10-8-19(9-11-21)18-27-12-4-5-13-27/h2-3,6-11,15,17,24H,4-5,12-14,16,18H2,1H3. The predicted octanol–water partition coefficient (Wildman–Crippen LogP) is 3.97. The Morgan fingerprint density at radius 2 is 1.70 bits per heavy atom. The third kappa shape index (κ3) is 4.65. The second-order valence-electron chi connectivity index (χ2n) is 7.46. The van der Waals surface area contributed by atoms with Gasteiger partial charge in [-0.15, -0.1) is 0 Å². The Bertz CT molecular complexity index is 860. The van der Waals surface area contributed by atoms with E-state index in [1.807, 2.05) is 17.9 Å². The molecule has 4 rings (SSSR count). The van der Waals surface area contributed by atoms with Crippen LogP contribution in [0.5, 0.6) is 0 Å². The lowest BCUT2D eigenvalue weighted by Crippen LogP contribution is -2.18. The summed E-state index contributed by atoms with van der Waals surface area (Å²) in [7, 11) is 1.95. The molecule has 0 unspecified atom stereocenters. The monoisotopic (exact) mass is 360 g/mol. The number of rotatable bonds is 7. The van der Waals surface area contributed by atoms with E-state index in [1.54, 1.807) is 0 Å². The van der Waals surface area contributed by atoms with Crippen LogP contribution in [0, 0.1) is 0 Å². The van der Waals surface area contributed by atoms with Crippen molar-refractivity contribution in [3.8, 4) is 11.1 Å². The molecule has 2 heterocycles. The van der Waals surface area contributed by atoms with Crippen molar-refractivity contribution < 1.29 is 0 Å². The number of aromatic nitrogens is 2. The van der Waals surface area contributed by atoms with Gasteiger partial charge in [-0.2, -0.15) is 5.10 Å². The van der Waals surface area contributed by atoms with Crippen LogP contribution in [-0.2, 0) is 26.7 Å². The van der Waals surface area contributed by atoms with E-state index in [-0.39, 0.29) is 0 Å². The maximum Gasteiger partial charge on any atom is 0.0534 e. The first-order valence-electron chi connectivity index (χ1n) is 9.86. The molecular formula is C23H28N4. The van der Waals surface area contributed by atoms with Crippen LogP contribution in [0.4, 0.5) is 0 Å². The molecule has 1 saturated heterocycles. The highest BCUT2D eigenvalue weighted by Gasteiger charge is 2.12. The van der Waals surface area contributed by atoms with E-state index in [4.69, 9.17) is 0 Å². The van der Waals surface area contributed by atoms with Crippen LogP contribution in [0.3, 0.4) is 0 Å². The zero-order chi connectivity index (χ0) is 18.5.